The molecule has 0 spiro atoms. The lowest BCUT2D eigenvalue weighted by molar-refractivity contribution is -0.161. The van der Waals surface area contributed by atoms with Gasteiger partial charge in [-0.3, -0.25) is 0 Å². The molecular formula is C18H20O4. The summed E-state index contributed by atoms with van der Waals surface area (Å²) in [5.74, 6) is -1.06. The molecule has 0 aromatic heterocycles. The number of esters is 2. The molecular weight excluding hydrogens is 280 g/mol. The van der Waals surface area contributed by atoms with E-state index in [1.54, 1.807) is 42.5 Å². The van der Waals surface area contributed by atoms with Crippen LogP contribution in [-0.4, -0.2) is 24.1 Å². The lowest BCUT2D eigenvalue weighted by Gasteiger charge is -2.28. The Labute approximate surface area is 130 Å². The van der Waals surface area contributed by atoms with Crippen molar-refractivity contribution in [3.8, 4) is 0 Å². The van der Waals surface area contributed by atoms with E-state index >= 15 is 0 Å². The van der Waals surface area contributed by atoms with Crippen LogP contribution in [0.25, 0.3) is 0 Å². The van der Waals surface area contributed by atoms with Gasteiger partial charge in [-0.1, -0.05) is 49.8 Å². The van der Waals surface area contributed by atoms with Gasteiger partial charge in [0.05, 0.1) is 12.2 Å². The molecule has 1 unspecified atom stereocenters. The molecule has 1 aliphatic rings. The molecule has 0 aliphatic heterocycles. The predicted molar refractivity (Wildman–Crippen MR) is 83.4 cm³/mol. The first kappa shape index (κ1) is 16.0. The van der Waals surface area contributed by atoms with Crippen LogP contribution in [0.5, 0.6) is 0 Å². The molecule has 0 saturated carbocycles. The Balaban J connectivity index is 2.12. The summed E-state index contributed by atoms with van der Waals surface area (Å²) in [5.41, 5.74) is -0.957. The van der Waals surface area contributed by atoms with E-state index in [2.05, 4.69) is 0 Å². The molecule has 0 heterocycles. The van der Waals surface area contributed by atoms with Crippen molar-refractivity contribution < 1.29 is 19.1 Å². The Kier molecular flexibility index (Phi) is 5.53. The van der Waals surface area contributed by atoms with E-state index in [-0.39, 0.29) is 6.42 Å². The molecule has 0 radical (unpaired) electrons. The summed E-state index contributed by atoms with van der Waals surface area (Å²) in [6, 6.07) is 8.62. The van der Waals surface area contributed by atoms with Gasteiger partial charge < -0.3 is 9.47 Å². The SMILES string of the molecule is CCCCOC(=O)C1(OC(=O)c2ccccc2)C=CC=CC1. The van der Waals surface area contributed by atoms with Gasteiger partial charge in [0.1, 0.15) is 0 Å². The highest BCUT2D eigenvalue weighted by Gasteiger charge is 2.41. The van der Waals surface area contributed by atoms with E-state index < -0.39 is 17.5 Å². The maximum Gasteiger partial charge on any atom is 0.355 e. The summed E-state index contributed by atoms with van der Waals surface area (Å²) >= 11 is 0. The number of hydrogen-bond donors (Lipinski definition) is 0. The zero-order chi connectivity index (χ0) is 15.8. The van der Waals surface area contributed by atoms with E-state index in [0.717, 1.165) is 12.8 Å². The molecule has 0 fully saturated rings. The number of hydrogen-bond acceptors (Lipinski definition) is 4. The number of benzene rings is 1. The average Bonchev–Trinajstić information content (AvgIpc) is 2.56. The molecule has 0 N–H and O–H groups in total. The van der Waals surface area contributed by atoms with E-state index in [1.807, 2.05) is 19.1 Å². The minimum absolute atomic E-state index is 0.285. The Hall–Kier alpha value is -2.36. The highest BCUT2D eigenvalue weighted by molar-refractivity contribution is 5.93. The maximum absolute atomic E-state index is 12.4. The number of unbranched alkanes of at least 4 members (excludes halogenated alkanes) is 1. The molecule has 0 saturated heterocycles. The van der Waals surface area contributed by atoms with Gasteiger partial charge in [0.25, 0.3) is 0 Å². The Bertz CT molecular complexity index is 574. The van der Waals surface area contributed by atoms with Gasteiger partial charge in [0.2, 0.25) is 5.60 Å². The molecule has 116 valence electrons. The van der Waals surface area contributed by atoms with Crippen LogP contribution >= 0.6 is 0 Å². The first-order chi connectivity index (χ1) is 10.7. The average molecular weight is 300 g/mol. The zero-order valence-corrected chi connectivity index (χ0v) is 12.7. The zero-order valence-electron chi connectivity index (χ0n) is 12.7. The lowest BCUT2D eigenvalue weighted by atomic mass is 9.95. The topological polar surface area (TPSA) is 52.6 Å². The Morgan fingerprint density at radius 2 is 1.95 bits per heavy atom. The monoisotopic (exact) mass is 300 g/mol. The van der Waals surface area contributed by atoms with Gasteiger partial charge in [-0.2, -0.15) is 0 Å². The third-order valence-electron chi connectivity index (χ3n) is 3.39. The van der Waals surface area contributed by atoms with Crippen molar-refractivity contribution in [2.45, 2.75) is 31.8 Å². The van der Waals surface area contributed by atoms with Gasteiger partial charge in [0.15, 0.2) is 0 Å². The van der Waals surface area contributed by atoms with Crippen LogP contribution in [0.3, 0.4) is 0 Å². The molecule has 1 atom stereocenters. The van der Waals surface area contributed by atoms with Crippen molar-refractivity contribution >= 4 is 11.9 Å². The lowest BCUT2D eigenvalue weighted by Crippen LogP contribution is -2.43. The van der Waals surface area contributed by atoms with Crippen LogP contribution < -0.4 is 0 Å². The molecule has 1 aromatic carbocycles. The van der Waals surface area contributed by atoms with Gasteiger partial charge in [-0.05, 0) is 24.6 Å². The van der Waals surface area contributed by atoms with E-state index in [0.29, 0.717) is 12.2 Å². The van der Waals surface area contributed by atoms with Crippen LogP contribution in [0, 0.1) is 0 Å². The van der Waals surface area contributed by atoms with Gasteiger partial charge in [-0.15, -0.1) is 0 Å². The number of ether oxygens (including phenoxy) is 2. The normalized spacial score (nSPS) is 19.7. The Morgan fingerprint density at radius 1 is 1.18 bits per heavy atom. The molecule has 1 aromatic rings. The second kappa shape index (κ2) is 7.59. The smallest absolute Gasteiger partial charge is 0.355 e. The maximum atomic E-state index is 12.4. The number of allylic oxidation sites excluding steroid dienone is 2. The van der Waals surface area contributed by atoms with E-state index in [9.17, 15) is 9.59 Å². The van der Waals surface area contributed by atoms with Crippen molar-refractivity contribution in [2.75, 3.05) is 6.61 Å². The highest BCUT2D eigenvalue weighted by atomic mass is 16.6. The number of carbonyl (C=O) groups is 2. The van der Waals surface area contributed by atoms with Crippen molar-refractivity contribution in [1.82, 2.24) is 0 Å². The van der Waals surface area contributed by atoms with Gasteiger partial charge in [0, 0.05) is 6.42 Å². The van der Waals surface area contributed by atoms with Crippen LogP contribution in [0.15, 0.2) is 54.6 Å². The molecule has 0 bridgehead atoms. The fourth-order valence-electron chi connectivity index (χ4n) is 2.10. The first-order valence-electron chi connectivity index (χ1n) is 7.48. The minimum Gasteiger partial charge on any atom is -0.462 e. The summed E-state index contributed by atoms with van der Waals surface area (Å²) in [4.78, 5) is 24.6. The van der Waals surface area contributed by atoms with Crippen molar-refractivity contribution in [3.05, 3.63) is 60.2 Å². The minimum atomic E-state index is -1.37. The number of carbonyl (C=O) groups excluding carboxylic acids is 2. The summed E-state index contributed by atoms with van der Waals surface area (Å²) in [6.45, 7) is 2.35. The third kappa shape index (κ3) is 3.85. The molecule has 4 nitrogen and oxygen atoms in total. The van der Waals surface area contributed by atoms with E-state index in [4.69, 9.17) is 9.47 Å². The standard InChI is InChI=1S/C18H20O4/c1-2-3-14-21-17(20)18(12-8-5-9-13-18)22-16(19)15-10-6-4-7-11-15/h4-12H,2-3,13-14H2,1H3. The van der Waals surface area contributed by atoms with Crippen LogP contribution in [0.4, 0.5) is 0 Å². The second-order valence-electron chi connectivity index (χ2n) is 5.13. The second-order valence-corrected chi connectivity index (χ2v) is 5.13. The van der Waals surface area contributed by atoms with E-state index in [1.165, 1.54) is 0 Å². The molecule has 1 aliphatic carbocycles. The summed E-state index contributed by atoms with van der Waals surface area (Å²) in [7, 11) is 0. The van der Waals surface area contributed by atoms with Crippen LogP contribution in [0.2, 0.25) is 0 Å². The Morgan fingerprint density at radius 3 is 2.59 bits per heavy atom. The fraction of sp³-hybridized carbons (Fsp3) is 0.333. The molecule has 2 rings (SSSR count). The fourth-order valence-corrected chi connectivity index (χ4v) is 2.10. The highest BCUT2D eigenvalue weighted by Crippen LogP contribution is 2.26. The summed E-state index contributed by atoms with van der Waals surface area (Å²) < 4.78 is 10.8. The first-order valence-corrected chi connectivity index (χ1v) is 7.48. The predicted octanol–water partition coefficient (Wildman–Crippen LogP) is 3.44. The van der Waals surface area contributed by atoms with Crippen molar-refractivity contribution in [2.24, 2.45) is 0 Å². The quantitative estimate of drug-likeness (QED) is 0.596. The molecule has 4 heteroatoms. The van der Waals surface area contributed by atoms with Crippen molar-refractivity contribution in [3.63, 3.8) is 0 Å². The molecule has 0 amide bonds. The summed E-state index contributed by atoms with van der Waals surface area (Å²) in [5, 5.41) is 0. The van der Waals surface area contributed by atoms with Crippen molar-refractivity contribution in [1.29, 1.82) is 0 Å². The third-order valence-corrected chi connectivity index (χ3v) is 3.39. The van der Waals surface area contributed by atoms with Crippen LogP contribution in [-0.2, 0) is 14.3 Å². The van der Waals surface area contributed by atoms with Gasteiger partial charge in [-0.25, -0.2) is 9.59 Å². The molecule has 22 heavy (non-hydrogen) atoms. The van der Waals surface area contributed by atoms with Crippen LogP contribution in [0.1, 0.15) is 36.5 Å². The largest absolute Gasteiger partial charge is 0.462 e. The number of rotatable bonds is 6. The summed E-state index contributed by atoms with van der Waals surface area (Å²) in [6.07, 6.45) is 8.89. The van der Waals surface area contributed by atoms with Gasteiger partial charge >= 0.3 is 11.9 Å².